The molecule has 0 radical (unpaired) electrons. The van der Waals surface area contributed by atoms with E-state index in [1.54, 1.807) is 12.4 Å². The number of ether oxygens (including phenoxy) is 1. The van der Waals surface area contributed by atoms with Gasteiger partial charge in [-0.1, -0.05) is 0 Å². The van der Waals surface area contributed by atoms with Gasteiger partial charge in [0.25, 0.3) is 0 Å². The van der Waals surface area contributed by atoms with Gasteiger partial charge < -0.3 is 15.0 Å². The molecule has 1 aliphatic heterocycles. The Hall–Kier alpha value is -1.88. The van der Waals surface area contributed by atoms with Crippen molar-refractivity contribution in [2.45, 2.75) is 31.9 Å². The highest BCUT2D eigenvalue weighted by atomic mass is 16.5. The Morgan fingerprint density at radius 3 is 3.05 bits per heavy atom. The maximum atomic E-state index is 6.02. The van der Waals surface area contributed by atoms with E-state index in [1.165, 1.54) is 0 Å². The second kappa shape index (κ2) is 5.01. The van der Waals surface area contributed by atoms with Crippen LogP contribution in [0.2, 0.25) is 0 Å². The average Bonchev–Trinajstić information content (AvgIpc) is 3.10. The Morgan fingerprint density at radius 1 is 1.42 bits per heavy atom. The largest absolute Gasteiger partial charge is 0.398 e. The summed E-state index contributed by atoms with van der Waals surface area (Å²) in [7, 11) is 0. The van der Waals surface area contributed by atoms with E-state index in [-0.39, 0.29) is 12.1 Å². The molecule has 3 heterocycles. The number of pyridine rings is 1. The van der Waals surface area contributed by atoms with Gasteiger partial charge in [0.2, 0.25) is 0 Å². The molecule has 3 rings (SSSR count). The molecule has 100 valence electrons. The molecule has 2 aromatic heterocycles. The fourth-order valence-electron chi connectivity index (χ4n) is 2.62. The molecule has 1 aliphatic rings. The van der Waals surface area contributed by atoms with Crippen LogP contribution in [0.3, 0.4) is 0 Å². The number of nitrogen functional groups attached to an aromatic ring is 1. The van der Waals surface area contributed by atoms with Gasteiger partial charge >= 0.3 is 0 Å². The predicted molar refractivity (Wildman–Crippen MR) is 73.6 cm³/mol. The van der Waals surface area contributed by atoms with E-state index in [0.29, 0.717) is 0 Å². The maximum absolute atomic E-state index is 6.02. The number of aromatic nitrogens is 3. The lowest BCUT2D eigenvalue weighted by molar-refractivity contribution is 0.0737. The van der Waals surface area contributed by atoms with Gasteiger partial charge in [0.15, 0.2) is 0 Å². The summed E-state index contributed by atoms with van der Waals surface area (Å²) in [6.07, 6.45) is 9.64. The summed E-state index contributed by atoms with van der Waals surface area (Å²) in [6, 6.07) is 2.06. The zero-order valence-corrected chi connectivity index (χ0v) is 11.0. The Morgan fingerprint density at radius 2 is 2.32 bits per heavy atom. The zero-order valence-electron chi connectivity index (χ0n) is 11.0. The van der Waals surface area contributed by atoms with E-state index in [4.69, 9.17) is 10.5 Å². The number of anilines is 1. The molecule has 5 nitrogen and oxygen atoms in total. The van der Waals surface area contributed by atoms with Crippen LogP contribution in [-0.4, -0.2) is 27.2 Å². The van der Waals surface area contributed by atoms with Crippen molar-refractivity contribution < 1.29 is 4.74 Å². The van der Waals surface area contributed by atoms with Gasteiger partial charge in [0.05, 0.1) is 30.4 Å². The Labute approximate surface area is 112 Å². The number of hydrogen-bond acceptors (Lipinski definition) is 4. The lowest BCUT2D eigenvalue weighted by Gasteiger charge is -2.22. The minimum Gasteiger partial charge on any atom is -0.398 e. The smallest absolute Gasteiger partial charge is 0.0954 e. The molecule has 2 aromatic rings. The third kappa shape index (κ3) is 2.21. The predicted octanol–water partition coefficient (Wildman–Crippen LogP) is 2.27. The quantitative estimate of drug-likeness (QED) is 0.917. The molecule has 0 aromatic carbocycles. The lowest BCUT2D eigenvalue weighted by Crippen LogP contribution is -2.21. The Balaban J connectivity index is 1.96. The molecule has 19 heavy (non-hydrogen) atoms. The van der Waals surface area contributed by atoms with Crippen LogP contribution in [-0.2, 0) is 4.74 Å². The van der Waals surface area contributed by atoms with Crippen LogP contribution in [0.5, 0.6) is 0 Å². The van der Waals surface area contributed by atoms with Gasteiger partial charge in [0.1, 0.15) is 0 Å². The van der Waals surface area contributed by atoms with E-state index in [0.717, 1.165) is 36.4 Å². The molecule has 0 spiro atoms. The van der Waals surface area contributed by atoms with E-state index in [1.807, 2.05) is 18.6 Å². The van der Waals surface area contributed by atoms with Crippen LogP contribution in [0.1, 0.15) is 25.8 Å². The first-order valence-electron chi connectivity index (χ1n) is 6.60. The highest BCUT2D eigenvalue weighted by Gasteiger charge is 2.25. The van der Waals surface area contributed by atoms with Crippen molar-refractivity contribution >= 4 is 5.69 Å². The van der Waals surface area contributed by atoms with E-state index < -0.39 is 0 Å². The monoisotopic (exact) mass is 258 g/mol. The second-order valence-corrected chi connectivity index (χ2v) is 4.94. The number of imidazole rings is 1. The highest BCUT2D eigenvalue weighted by molar-refractivity contribution is 5.72. The lowest BCUT2D eigenvalue weighted by atomic mass is 10.1. The van der Waals surface area contributed by atoms with E-state index >= 15 is 0 Å². The molecule has 2 atom stereocenters. The first-order chi connectivity index (χ1) is 9.27. The summed E-state index contributed by atoms with van der Waals surface area (Å²) in [5.41, 5.74) is 8.66. The van der Waals surface area contributed by atoms with Crippen molar-refractivity contribution in [1.29, 1.82) is 0 Å². The molecule has 2 unspecified atom stereocenters. The van der Waals surface area contributed by atoms with Crippen LogP contribution < -0.4 is 5.73 Å². The molecule has 1 saturated heterocycles. The normalized spacial score (nSPS) is 20.6. The topological polar surface area (TPSA) is 66.0 Å². The zero-order chi connectivity index (χ0) is 13.2. The average molecular weight is 258 g/mol. The van der Waals surface area contributed by atoms with Gasteiger partial charge in [-0.25, -0.2) is 4.98 Å². The van der Waals surface area contributed by atoms with Crippen molar-refractivity contribution in [2.24, 2.45) is 0 Å². The summed E-state index contributed by atoms with van der Waals surface area (Å²) in [5, 5.41) is 0. The number of hydrogen-bond donors (Lipinski definition) is 1. The molecule has 1 fully saturated rings. The molecule has 0 amide bonds. The van der Waals surface area contributed by atoms with Crippen molar-refractivity contribution in [3.63, 3.8) is 0 Å². The summed E-state index contributed by atoms with van der Waals surface area (Å²) in [6.45, 7) is 3.02. The Kier molecular flexibility index (Phi) is 3.21. The van der Waals surface area contributed by atoms with Gasteiger partial charge in [0, 0.05) is 30.3 Å². The molecule has 0 aliphatic carbocycles. The standard InChI is InChI=1S/C14H18N4O/c1-10(14-3-2-6-19-14)18-9-17-8-13(18)11-7-16-5-4-12(11)15/h4-5,7-10,14H,2-3,6H2,1H3,(H2,15,16). The third-order valence-corrected chi connectivity index (χ3v) is 3.74. The summed E-state index contributed by atoms with van der Waals surface area (Å²) in [4.78, 5) is 8.40. The van der Waals surface area contributed by atoms with Crippen molar-refractivity contribution in [3.8, 4) is 11.3 Å². The number of rotatable bonds is 3. The summed E-state index contributed by atoms with van der Waals surface area (Å²) >= 11 is 0. The second-order valence-electron chi connectivity index (χ2n) is 4.94. The van der Waals surface area contributed by atoms with Gasteiger partial charge in [-0.2, -0.15) is 0 Å². The van der Waals surface area contributed by atoms with Crippen LogP contribution in [0.25, 0.3) is 11.3 Å². The van der Waals surface area contributed by atoms with Crippen LogP contribution >= 0.6 is 0 Å². The number of nitrogens with two attached hydrogens (primary N) is 1. The highest BCUT2D eigenvalue weighted by Crippen LogP contribution is 2.30. The van der Waals surface area contributed by atoms with Gasteiger partial charge in [-0.3, -0.25) is 4.98 Å². The Bertz CT molecular complexity index is 560. The third-order valence-electron chi connectivity index (χ3n) is 3.74. The van der Waals surface area contributed by atoms with Crippen LogP contribution in [0.4, 0.5) is 5.69 Å². The molecule has 0 bridgehead atoms. The molecule has 0 saturated carbocycles. The molecule has 2 N–H and O–H groups in total. The fraction of sp³-hybridized carbons (Fsp3) is 0.429. The first-order valence-corrected chi connectivity index (χ1v) is 6.60. The minimum atomic E-state index is 0.250. The molecular weight excluding hydrogens is 240 g/mol. The SMILES string of the molecule is CC(C1CCCO1)n1cncc1-c1cnccc1N. The number of nitrogens with zero attached hydrogens (tertiary/aromatic N) is 3. The summed E-state index contributed by atoms with van der Waals surface area (Å²) in [5.74, 6) is 0. The van der Waals surface area contributed by atoms with Crippen LogP contribution in [0, 0.1) is 0 Å². The first kappa shape index (κ1) is 12.2. The minimum absolute atomic E-state index is 0.250. The van der Waals surface area contributed by atoms with E-state index in [2.05, 4.69) is 21.5 Å². The van der Waals surface area contributed by atoms with E-state index in [9.17, 15) is 0 Å². The van der Waals surface area contributed by atoms with Gasteiger partial charge in [-0.05, 0) is 25.8 Å². The molecular formula is C14H18N4O. The van der Waals surface area contributed by atoms with Crippen molar-refractivity contribution in [1.82, 2.24) is 14.5 Å². The maximum Gasteiger partial charge on any atom is 0.0954 e. The van der Waals surface area contributed by atoms with Crippen molar-refractivity contribution in [3.05, 3.63) is 31.0 Å². The van der Waals surface area contributed by atoms with Crippen LogP contribution in [0.15, 0.2) is 31.0 Å². The molecule has 5 heteroatoms. The van der Waals surface area contributed by atoms with Crippen molar-refractivity contribution in [2.75, 3.05) is 12.3 Å². The van der Waals surface area contributed by atoms with Gasteiger partial charge in [-0.15, -0.1) is 0 Å². The summed E-state index contributed by atoms with van der Waals surface area (Å²) < 4.78 is 7.89. The fourth-order valence-corrected chi connectivity index (χ4v) is 2.62.